The lowest BCUT2D eigenvalue weighted by atomic mass is 10.0. The number of rotatable bonds is 4. The molecule has 0 spiro atoms. The number of carbonyl (C=O) groups is 2. The minimum absolute atomic E-state index is 0.0684. The molecule has 172 valence electrons. The molecule has 2 aromatic heterocycles. The Morgan fingerprint density at radius 2 is 2.06 bits per heavy atom. The molecule has 1 atom stereocenters. The number of nitrogens with one attached hydrogen (secondary N) is 3. The Balaban J connectivity index is 1.48. The Labute approximate surface area is 192 Å². The Hall–Kier alpha value is -3.82. The number of hydrogen-bond acceptors (Lipinski definition) is 7. The number of likely N-dealkylation sites (tertiary alicyclic amines) is 1. The van der Waals surface area contributed by atoms with Crippen molar-refractivity contribution >= 4 is 29.5 Å². The molecule has 2 aliphatic heterocycles. The fourth-order valence-corrected chi connectivity index (χ4v) is 4.09. The normalized spacial score (nSPS) is 17.5. The summed E-state index contributed by atoms with van der Waals surface area (Å²) in [6, 6.07) is 6.81. The molecule has 0 aliphatic carbocycles. The quantitative estimate of drug-likeness (QED) is 0.485. The van der Waals surface area contributed by atoms with E-state index in [0.29, 0.717) is 49.9 Å². The number of nitrogens with zero attached hydrogens (tertiary/aromatic N) is 4. The first-order valence-corrected chi connectivity index (χ1v) is 11.0. The summed E-state index contributed by atoms with van der Waals surface area (Å²) in [5, 5.41) is 19.3. The number of fused-ring (bicyclic) bond motifs is 1. The van der Waals surface area contributed by atoms with Gasteiger partial charge in [-0.25, -0.2) is 9.78 Å². The van der Waals surface area contributed by atoms with Crippen LogP contribution in [0.3, 0.4) is 0 Å². The van der Waals surface area contributed by atoms with E-state index in [-0.39, 0.29) is 23.7 Å². The van der Waals surface area contributed by atoms with Crippen LogP contribution in [-0.2, 0) is 17.7 Å². The largest absolute Gasteiger partial charge is 0.450 e. The van der Waals surface area contributed by atoms with Crippen molar-refractivity contribution in [1.82, 2.24) is 19.8 Å². The zero-order chi connectivity index (χ0) is 23.5. The van der Waals surface area contributed by atoms with E-state index >= 15 is 0 Å². The van der Waals surface area contributed by atoms with Crippen LogP contribution in [0, 0.1) is 10.8 Å². The molecule has 1 saturated heterocycles. The van der Waals surface area contributed by atoms with E-state index in [1.807, 2.05) is 6.92 Å². The predicted molar refractivity (Wildman–Crippen MR) is 123 cm³/mol. The molecule has 1 fully saturated rings. The highest BCUT2D eigenvalue weighted by molar-refractivity contribution is 6.08. The minimum atomic E-state index is -0.426. The van der Waals surface area contributed by atoms with Crippen molar-refractivity contribution in [3.8, 4) is 0 Å². The third kappa shape index (κ3) is 4.69. The third-order valence-electron chi connectivity index (χ3n) is 5.86. The van der Waals surface area contributed by atoms with Crippen LogP contribution in [0.1, 0.15) is 54.0 Å². The average molecular weight is 450 g/mol. The zero-order valence-corrected chi connectivity index (χ0v) is 18.7. The Kier molecular flexibility index (Phi) is 6.34. The lowest BCUT2D eigenvalue weighted by Crippen LogP contribution is -2.37. The number of hydrogen-bond donors (Lipinski definition) is 3. The number of aromatic nitrogens is 2. The average Bonchev–Trinajstić information content (AvgIpc) is 3.15. The van der Waals surface area contributed by atoms with Crippen molar-refractivity contribution in [2.75, 3.05) is 18.5 Å². The summed E-state index contributed by atoms with van der Waals surface area (Å²) in [5.41, 5.74) is 2.47. The van der Waals surface area contributed by atoms with E-state index in [2.05, 4.69) is 15.3 Å². The van der Waals surface area contributed by atoms with Gasteiger partial charge in [-0.3, -0.25) is 20.6 Å². The maximum atomic E-state index is 12.8. The van der Waals surface area contributed by atoms with Gasteiger partial charge in [-0.2, -0.15) is 0 Å². The second kappa shape index (κ2) is 9.35. The topological polar surface area (TPSA) is 135 Å². The van der Waals surface area contributed by atoms with Gasteiger partial charge in [0, 0.05) is 31.7 Å². The summed E-state index contributed by atoms with van der Waals surface area (Å²) >= 11 is 0. The molecule has 0 radical (unpaired) electrons. The highest BCUT2D eigenvalue weighted by Gasteiger charge is 2.29. The second-order valence-electron chi connectivity index (χ2n) is 8.12. The van der Waals surface area contributed by atoms with Gasteiger partial charge in [0.15, 0.2) is 5.84 Å². The molecular weight excluding hydrogens is 422 g/mol. The number of anilines is 1. The van der Waals surface area contributed by atoms with Crippen molar-refractivity contribution in [3.63, 3.8) is 0 Å². The smallest absolute Gasteiger partial charge is 0.410 e. The SMILES string of the molecule is CCOC(=O)N1CCc2cnc(C(=O)Nc3cccc(C(=N)N4C(=N)CCC4C)n3)cc2C1. The van der Waals surface area contributed by atoms with Crippen molar-refractivity contribution in [2.45, 2.75) is 45.7 Å². The number of amides is 2. The first-order valence-electron chi connectivity index (χ1n) is 11.0. The lowest BCUT2D eigenvalue weighted by molar-refractivity contribution is 0.102. The van der Waals surface area contributed by atoms with E-state index in [9.17, 15) is 9.59 Å². The highest BCUT2D eigenvalue weighted by atomic mass is 16.6. The van der Waals surface area contributed by atoms with Gasteiger partial charge < -0.3 is 19.9 Å². The van der Waals surface area contributed by atoms with Gasteiger partial charge in [0.1, 0.15) is 23.0 Å². The Morgan fingerprint density at radius 1 is 1.24 bits per heavy atom. The zero-order valence-electron chi connectivity index (χ0n) is 18.7. The summed E-state index contributed by atoms with van der Waals surface area (Å²) in [7, 11) is 0. The van der Waals surface area contributed by atoms with Crippen molar-refractivity contribution < 1.29 is 14.3 Å². The molecule has 2 aromatic rings. The molecule has 0 saturated carbocycles. The molecule has 10 heteroatoms. The fraction of sp³-hybridized carbons (Fsp3) is 0.391. The minimum Gasteiger partial charge on any atom is -0.450 e. The molecular formula is C23H27N7O3. The standard InChI is InChI=1S/C23H27N7O3/c1-3-33-23(32)29-10-9-15-12-26-18(11-16(15)13-29)22(31)28-20-6-4-5-17(27-20)21(25)30-14(2)7-8-19(30)24/h4-6,11-12,14,24-25H,3,7-10,13H2,1-2H3,(H,27,28,31). The van der Waals surface area contributed by atoms with Gasteiger partial charge in [0.25, 0.3) is 5.91 Å². The third-order valence-corrected chi connectivity index (χ3v) is 5.86. The Bertz CT molecular complexity index is 1120. The summed E-state index contributed by atoms with van der Waals surface area (Å²) in [6.45, 7) is 4.97. The van der Waals surface area contributed by atoms with Crippen molar-refractivity contribution in [2.24, 2.45) is 0 Å². The maximum absolute atomic E-state index is 12.8. The monoisotopic (exact) mass is 449 g/mol. The number of carbonyl (C=O) groups excluding carboxylic acids is 2. The number of ether oxygens (including phenoxy) is 1. The molecule has 0 bridgehead atoms. The fourth-order valence-electron chi connectivity index (χ4n) is 4.09. The first-order chi connectivity index (χ1) is 15.9. The molecule has 4 rings (SSSR count). The van der Waals surface area contributed by atoms with Crippen LogP contribution in [0.5, 0.6) is 0 Å². The van der Waals surface area contributed by atoms with Gasteiger partial charge >= 0.3 is 6.09 Å². The van der Waals surface area contributed by atoms with Gasteiger partial charge in [0.05, 0.1) is 6.61 Å². The summed E-state index contributed by atoms with van der Waals surface area (Å²) in [4.78, 5) is 36.9. The van der Waals surface area contributed by atoms with Gasteiger partial charge in [0.2, 0.25) is 0 Å². The van der Waals surface area contributed by atoms with Crippen LogP contribution in [0.25, 0.3) is 0 Å². The van der Waals surface area contributed by atoms with Crippen molar-refractivity contribution in [3.05, 3.63) is 53.0 Å². The molecule has 2 amide bonds. The van der Waals surface area contributed by atoms with Crippen molar-refractivity contribution in [1.29, 1.82) is 10.8 Å². The van der Waals surface area contributed by atoms with Gasteiger partial charge in [-0.1, -0.05) is 6.07 Å². The Morgan fingerprint density at radius 3 is 2.79 bits per heavy atom. The van der Waals surface area contributed by atoms with Gasteiger partial charge in [-0.15, -0.1) is 0 Å². The predicted octanol–water partition coefficient (Wildman–Crippen LogP) is 3.03. The van der Waals surface area contributed by atoms with E-state index in [1.165, 1.54) is 0 Å². The molecule has 2 aliphatic rings. The van der Waals surface area contributed by atoms with E-state index in [0.717, 1.165) is 17.5 Å². The van der Waals surface area contributed by atoms with Crippen LogP contribution in [0.2, 0.25) is 0 Å². The first kappa shape index (κ1) is 22.4. The maximum Gasteiger partial charge on any atom is 0.410 e. The summed E-state index contributed by atoms with van der Waals surface area (Å²) in [6.07, 6.45) is 3.42. The van der Waals surface area contributed by atoms with E-state index in [1.54, 1.807) is 47.2 Å². The van der Waals surface area contributed by atoms with Crippen LogP contribution in [0.15, 0.2) is 30.5 Å². The summed E-state index contributed by atoms with van der Waals surface area (Å²) in [5.74, 6) is 0.420. The molecule has 10 nitrogen and oxygen atoms in total. The van der Waals surface area contributed by atoms with Crippen LogP contribution in [-0.4, -0.2) is 62.6 Å². The molecule has 1 unspecified atom stereocenters. The second-order valence-corrected chi connectivity index (χ2v) is 8.12. The summed E-state index contributed by atoms with van der Waals surface area (Å²) < 4.78 is 5.08. The van der Waals surface area contributed by atoms with Crippen LogP contribution < -0.4 is 5.32 Å². The number of amidine groups is 2. The number of pyridine rings is 2. The van der Waals surface area contributed by atoms with E-state index < -0.39 is 5.91 Å². The van der Waals surface area contributed by atoms with Crippen LogP contribution in [0.4, 0.5) is 10.6 Å². The molecule has 3 N–H and O–H groups in total. The van der Waals surface area contributed by atoms with Gasteiger partial charge in [-0.05, 0) is 56.0 Å². The molecule has 4 heterocycles. The molecule has 33 heavy (non-hydrogen) atoms. The van der Waals surface area contributed by atoms with Crippen LogP contribution >= 0.6 is 0 Å². The van der Waals surface area contributed by atoms with E-state index in [4.69, 9.17) is 15.6 Å². The lowest BCUT2D eigenvalue weighted by Gasteiger charge is -2.28. The molecule has 0 aromatic carbocycles. The highest BCUT2D eigenvalue weighted by Crippen LogP contribution is 2.22.